The maximum Gasteiger partial charge on any atom is 0.321 e. The fourth-order valence-electron chi connectivity index (χ4n) is 2.27. The van der Waals surface area contributed by atoms with E-state index in [-0.39, 0.29) is 18.5 Å². The molecule has 1 heterocycles. The Morgan fingerprint density at radius 1 is 1.43 bits per heavy atom. The van der Waals surface area contributed by atoms with Crippen LogP contribution in [0.3, 0.4) is 0 Å². The van der Waals surface area contributed by atoms with Gasteiger partial charge >= 0.3 is 6.03 Å². The molecule has 3 amide bonds. The Balaban J connectivity index is 1.54. The number of urea groups is 1. The number of anilines is 2. The van der Waals surface area contributed by atoms with Gasteiger partial charge in [0, 0.05) is 24.5 Å². The van der Waals surface area contributed by atoms with E-state index in [9.17, 15) is 9.59 Å². The van der Waals surface area contributed by atoms with Gasteiger partial charge in [0.15, 0.2) is 0 Å². The molecule has 21 heavy (non-hydrogen) atoms. The fraction of sp³-hybridized carbons (Fsp3) is 0.467. The van der Waals surface area contributed by atoms with Gasteiger partial charge in [-0.3, -0.25) is 9.69 Å². The van der Waals surface area contributed by atoms with E-state index in [1.54, 1.807) is 17.0 Å². The third-order valence-corrected chi connectivity index (χ3v) is 3.58. The molecule has 0 unspecified atom stereocenters. The number of hydrogen-bond donors (Lipinski definition) is 2. The van der Waals surface area contributed by atoms with Gasteiger partial charge in [0.1, 0.15) is 6.61 Å². The smallest absolute Gasteiger partial charge is 0.321 e. The van der Waals surface area contributed by atoms with Crippen LogP contribution >= 0.6 is 0 Å². The van der Waals surface area contributed by atoms with Gasteiger partial charge in [-0.1, -0.05) is 6.07 Å². The van der Waals surface area contributed by atoms with Crippen molar-refractivity contribution in [2.45, 2.75) is 12.8 Å². The van der Waals surface area contributed by atoms with E-state index >= 15 is 0 Å². The summed E-state index contributed by atoms with van der Waals surface area (Å²) in [6, 6.07) is 7.16. The molecule has 6 nitrogen and oxygen atoms in total. The molecule has 0 atom stereocenters. The monoisotopic (exact) mass is 289 g/mol. The van der Waals surface area contributed by atoms with Crippen LogP contribution in [-0.2, 0) is 9.53 Å². The van der Waals surface area contributed by atoms with Crippen molar-refractivity contribution in [3.05, 3.63) is 24.3 Å². The molecule has 1 saturated carbocycles. The quantitative estimate of drug-likeness (QED) is 0.835. The van der Waals surface area contributed by atoms with Gasteiger partial charge in [-0.25, -0.2) is 4.79 Å². The molecular weight excluding hydrogens is 270 g/mol. The average molecular weight is 289 g/mol. The highest BCUT2D eigenvalue weighted by molar-refractivity contribution is 5.96. The third-order valence-electron chi connectivity index (χ3n) is 3.58. The van der Waals surface area contributed by atoms with Gasteiger partial charge in [-0.2, -0.15) is 0 Å². The largest absolute Gasteiger partial charge is 0.371 e. The molecule has 1 aromatic rings. The Labute approximate surface area is 123 Å². The molecule has 112 valence electrons. The van der Waals surface area contributed by atoms with E-state index in [1.165, 1.54) is 12.8 Å². The topological polar surface area (TPSA) is 70.7 Å². The molecule has 1 aromatic carbocycles. The lowest BCUT2D eigenvalue weighted by atomic mass is 10.2. The van der Waals surface area contributed by atoms with E-state index in [1.807, 2.05) is 12.1 Å². The zero-order valence-corrected chi connectivity index (χ0v) is 11.8. The molecule has 3 rings (SSSR count). The summed E-state index contributed by atoms with van der Waals surface area (Å²) in [6.45, 7) is 2.03. The lowest BCUT2D eigenvalue weighted by Crippen LogP contribution is -2.27. The van der Waals surface area contributed by atoms with Gasteiger partial charge < -0.3 is 15.4 Å². The van der Waals surface area contributed by atoms with Crippen LogP contribution in [0.1, 0.15) is 12.8 Å². The number of hydrogen-bond acceptors (Lipinski definition) is 3. The second-order valence-corrected chi connectivity index (χ2v) is 5.44. The number of rotatable bonds is 6. The van der Waals surface area contributed by atoms with Crippen LogP contribution < -0.4 is 15.5 Å². The number of carbonyl (C=O) groups excluding carboxylic acids is 2. The van der Waals surface area contributed by atoms with Gasteiger partial charge in [-0.15, -0.1) is 0 Å². The van der Waals surface area contributed by atoms with Crippen LogP contribution in [0.25, 0.3) is 0 Å². The zero-order chi connectivity index (χ0) is 14.7. The van der Waals surface area contributed by atoms with E-state index in [2.05, 4.69) is 10.6 Å². The first-order chi connectivity index (χ1) is 10.2. The van der Waals surface area contributed by atoms with E-state index in [0.717, 1.165) is 5.69 Å². The SMILES string of the molecule is O=C(COCC1CC1)Nc1cccc(N2CCNC2=O)c1. The second kappa shape index (κ2) is 6.13. The lowest BCUT2D eigenvalue weighted by molar-refractivity contribution is -0.120. The third kappa shape index (κ3) is 3.72. The first kappa shape index (κ1) is 13.9. The van der Waals surface area contributed by atoms with Gasteiger partial charge in [0.05, 0.1) is 6.61 Å². The number of ether oxygens (including phenoxy) is 1. The molecule has 2 aliphatic rings. The molecular formula is C15H19N3O3. The molecule has 0 spiro atoms. The Morgan fingerprint density at radius 2 is 2.29 bits per heavy atom. The lowest BCUT2D eigenvalue weighted by Gasteiger charge is -2.15. The second-order valence-electron chi connectivity index (χ2n) is 5.44. The first-order valence-corrected chi connectivity index (χ1v) is 7.25. The van der Waals surface area contributed by atoms with Crippen molar-refractivity contribution >= 4 is 23.3 Å². The minimum Gasteiger partial charge on any atom is -0.371 e. The van der Waals surface area contributed by atoms with Crippen molar-refractivity contribution < 1.29 is 14.3 Å². The molecule has 1 saturated heterocycles. The molecule has 1 aliphatic heterocycles. The van der Waals surface area contributed by atoms with Crippen LogP contribution in [0, 0.1) is 5.92 Å². The summed E-state index contributed by atoms with van der Waals surface area (Å²) < 4.78 is 5.35. The van der Waals surface area contributed by atoms with Crippen molar-refractivity contribution in [3.63, 3.8) is 0 Å². The normalized spacial score (nSPS) is 17.7. The summed E-state index contributed by atoms with van der Waals surface area (Å²) in [6.07, 6.45) is 2.42. The Bertz CT molecular complexity index is 543. The molecule has 6 heteroatoms. The maximum atomic E-state index is 11.8. The van der Waals surface area contributed by atoms with Crippen molar-refractivity contribution in [2.24, 2.45) is 5.92 Å². The van der Waals surface area contributed by atoms with Crippen LogP contribution in [0.4, 0.5) is 16.2 Å². The minimum absolute atomic E-state index is 0.0743. The molecule has 0 radical (unpaired) electrons. The zero-order valence-electron chi connectivity index (χ0n) is 11.8. The first-order valence-electron chi connectivity index (χ1n) is 7.25. The molecule has 1 aliphatic carbocycles. The van der Waals surface area contributed by atoms with E-state index in [0.29, 0.717) is 31.3 Å². The number of benzene rings is 1. The Morgan fingerprint density at radius 3 is 3.00 bits per heavy atom. The number of nitrogens with zero attached hydrogens (tertiary/aromatic N) is 1. The average Bonchev–Trinajstić information content (AvgIpc) is 3.19. The van der Waals surface area contributed by atoms with E-state index < -0.39 is 0 Å². The van der Waals surface area contributed by atoms with Crippen molar-refractivity contribution in [1.29, 1.82) is 0 Å². The number of nitrogens with one attached hydrogen (secondary N) is 2. The number of carbonyl (C=O) groups is 2. The van der Waals surface area contributed by atoms with Crippen molar-refractivity contribution in [3.8, 4) is 0 Å². The van der Waals surface area contributed by atoms with Crippen LogP contribution in [0.5, 0.6) is 0 Å². The summed E-state index contributed by atoms with van der Waals surface area (Å²) >= 11 is 0. The highest BCUT2D eigenvalue weighted by Crippen LogP contribution is 2.28. The predicted molar refractivity (Wildman–Crippen MR) is 79.4 cm³/mol. The summed E-state index contributed by atoms with van der Waals surface area (Å²) in [5.74, 6) is 0.480. The molecule has 0 bridgehead atoms. The summed E-state index contributed by atoms with van der Waals surface area (Å²) in [4.78, 5) is 25.1. The molecule has 2 fully saturated rings. The van der Waals surface area contributed by atoms with Gasteiger partial charge in [0.25, 0.3) is 0 Å². The number of amides is 3. The standard InChI is InChI=1S/C15H19N3O3/c19-14(10-21-9-11-4-5-11)17-12-2-1-3-13(8-12)18-7-6-16-15(18)20/h1-3,8,11H,4-7,9-10H2,(H,16,20)(H,17,19). The van der Waals surface area contributed by atoms with Gasteiger partial charge in [-0.05, 0) is 37.0 Å². The van der Waals surface area contributed by atoms with Crippen LogP contribution in [0.15, 0.2) is 24.3 Å². The van der Waals surface area contributed by atoms with Crippen LogP contribution in [0.2, 0.25) is 0 Å². The van der Waals surface area contributed by atoms with Crippen molar-refractivity contribution in [1.82, 2.24) is 5.32 Å². The Hall–Kier alpha value is -2.08. The highest BCUT2D eigenvalue weighted by Gasteiger charge is 2.22. The predicted octanol–water partition coefficient (Wildman–Crippen LogP) is 1.58. The Kier molecular flexibility index (Phi) is 4.06. The fourth-order valence-corrected chi connectivity index (χ4v) is 2.27. The summed E-state index contributed by atoms with van der Waals surface area (Å²) in [5, 5.41) is 5.54. The maximum absolute atomic E-state index is 11.8. The molecule has 2 N–H and O–H groups in total. The molecule has 0 aromatic heterocycles. The summed E-state index contributed by atoms with van der Waals surface area (Å²) in [7, 11) is 0. The minimum atomic E-state index is -0.168. The summed E-state index contributed by atoms with van der Waals surface area (Å²) in [5.41, 5.74) is 1.45. The van der Waals surface area contributed by atoms with Crippen LogP contribution in [-0.4, -0.2) is 38.2 Å². The van der Waals surface area contributed by atoms with E-state index in [4.69, 9.17) is 4.74 Å². The highest BCUT2D eigenvalue weighted by atomic mass is 16.5. The van der Waals surface area contributed by atoms with Crippen molar-refractivity contribution in [2.75, 3.05) is 36.5 Å². The van der Waals surface area contributed by atoms with Gasteiger partial charge in [0.2, 0.25) is 5.91 Å².